The molecule has 3 rings (SSSR count). The molecule has 1 amide bonds. The Balaban J connectivity index is 1.76. The lowest BCUT2D eigenvalue weighted by Crippen LogP contribution is -2.09. The largest absolute Gasteiger partial charge is 0.322 e. The molecule has 0 saturated heterocycles. The summed E-state index contributed by atoms with van der Waals surface area (Å²) >= 11 is 1.57. The van der Waals surface area contributed by atoms with Crippen LogP contribution in [-0.4, -0.2) is 15.3 Å². The molecule has 106 valence electrons. The number of nitrogens with one attached hydrogen (secondary N) is 1. The maximum Gasteiger partial charge on any atom is 0.248 e. The van der Waals surface area contributed by atoms with Crippen molar-refractivity contribution in [3.05, 3.63) is 58.9 Å². The van der Waals surface area contributed by atoms with E-state index in [0.29, 0.717) is 0 Å². The van der Waals surface area contributed by atoms with Gasteiger partial charge in [0, 0.05) is 23.3 Å². The van der Waals surface area contributed by atoms with Crippen LogP contribution in [0.3, 0.4) is 0 Å². The number of hydrogen-bond acceptors (Lipinski definition) is 3. The van der Waals surface area contributed by atoms with Crippen molar-refractivity contribution in [2.45, 2.75) is 13.8 Å². The molecule has 1 aromatic carbocycles. The molecule has 0 radical (unpaired) electrons. The summed E-state index contributed by atoms with van der Waals surface area (Å²) < 4.78 is 1.95. The molecule has 3 aromatic rings. The number of carbonyl (C=O) groups is 1. The number of aromatic nitrogens is 2. The summed E-state index contributed by atoms with van der Waals surface area (Å²) in [6, 6.07) is 5.87. The highest BCUT2D eigenvalue weighted by atomic mass is 32.1. The third kappa shape index (κ3) is 2.73. The molecule has 0 aliphatic heterocycles. The molecule has 2 heterocycles. The van der Waals surface area contributed by atoms with Gasteiger partial charge in [0.15, 0.2) is 4.96 Å². The lowest BCUT2D eigenvalue weighted by molar-refractivity contribution is -0.111. The number of carbonyl (C=O) groups excluding carboxylic acids is 1. The smallest absolute Gasteiger partial charge is 0.248 e. The monoisotopic (exact) mass is 297 g/mol. The van der Waals surface area contributed by atoms with Crippen LogP contribution in [0.4, 0.5) is 5.69 Å². The topological polar surface area (TPSA) is 46.4 Å². The predicted molar refractivity (Wildman–Crippen MR) is 86.6 cm³/mol. The second-order valence-electron chi connectivity index (χ2n) is 4.81. The van der Waals surface area contributed by atoms with Gasteiger partial charge in [-0.05, 0) is 37.1 Å². The molecular formula is C16H15N3OS. The van der Waals surface area contributed by atoms with Crippen molar-refractivity contribution in [2.75, 3.05) is 5.32 Å². The zero-order valence-corrected chi connectivity index (χ0v) is 12.6. The number of rotatable bonds is 3. The average Bonchev–Trinajstić information content (AvgIpc) is 3.05. The van der Waals surface area contributed by atoms with Crippen LogP contribution >= 0.6 is 11.3 Å². The third-order valence-corrected chi connectivity index (χ3v) is 4.21. The lowest BCUT2D eigenvalue weighted by atomic mass is 10.1. The third-order valence-electron chi connectivity index (χ3n) is 3.44. The average molecular weight is 297 g/mol. The minimum absolute atomic E-state index is 0.145. The first-order chi connectivity index (χ1) is 10.1. The molecule has 0 fully saturated rings. The highest BCUT2D eigenvalue weighted by Crippen LogP contribution is 2.18. The van der Waals surface area contributed by atoms with Crippen molar-refractivity contribution in [3.8, 4) is 0 Å². The van der Waals surface area contributed by atoms with E-state index >= 15 is 0 Å². The summed E-state index contributed by atoms with van der Waals surface area (Å²) in [4.78, 5) is 17.2. The van der Waals surface area contributed by atoms with Gasteiger partial charge in [0.05, 0.1) is 11.9 Å². The van der Waals surface area contributed by atoms with Gasteiger partial charge < -0.3 is 5.32 Å². The van der Waals surface area contributed by atoms with Crippen molar-refractivity contribution in [1.82, 2.24) is 9.38 Å². The Morgan fingerprint density at radius 1 is 1.38 bits per heavy atom. The van der Waals surface area contributed by atoms with Crippen LogP contribution < -0.4 is 5.32 Å². The molecule has 5 heteroatoms. The van der Waals surface area contributed by atoms with Gasteiger partial charge in [0.25, 0.3) is 0 Å². The highest BCUT2D eigenvalue weighted by Gasteiger charge is 2.04. The van der Waals surface area contributed by atoms with Crippen LogP contribution in [0.15, 0.2) is 42.0 Å². The molecule has 4 nitrogen and oxygen atoms in total. The molecule has 0 bridgehead atoms. The predicted octanol–water partition coefficient (Wildman–Crippen LogP) is 3.66. The van der Waals surface area contributed by atoms with E-state index in [9.17, 15) is 4.79 Å². The van der Waals surface area contributed by atoms with E-state index in [2.05, 4.69) is 10.3 Å². The Bertz CT molecular complexity index is 829. The molecule has 21 heavy (non-hydrogen) atoms. The normalized spacial score (nSPS) is 11.3. The van der Waals surface area contributed by atoms with Crippen LogP contribution in [-0.2, 0) is 4.79 Å². The van der Waals surface area contributed by atoms with Gasteiger partial charge in [-0.15, -0.1) is 11.3 Å². The zero-order chi connectivity index (χ0) is 14.8. The lowest BCUT2D eigenvalue weighted by Gasteiger charge is -2.08. The Labute approximate surface area is 126 Å². The van der Waals surface area contributed by atoms with Gasteiger partial charge in [0.2, 0.25) is 5.91 Å². The number of hydrogen-bond donors (Lipinski definition) is 1. The fourth-order valence-corrected chi connectivity index (χ4v) is 2.79. The SMILES string of the molecule is Cc1cccc(NC(=O)/C=C/c2cnc3sccn23)c1C. The number of benzene rings is 1. The molecule has 1 N–H and O–H groups in total. The summed E-state index contributed by atoms with van der Waals surface area (Å²) in [5.41, 5.74) is 3.98. The second-order valence-corrected chi connectivity index (χ2v) is 5.68. The van der Waals surface area contributed by atoms with Crippen molar-refractivity contribution < 1.29 is 4.79 Å². The van der Waals surface area contributed by atoms with Crippen LogP contribution in [0.5, 0.6) is 0 Å². The number of aryl methyl sites for hydroxylation is 1. The number of anilines is 1. The van der Waals surface area contributed by atoms with Crippen LogP contribution in [0.25, 0.3) is 11.0 Å². The first-order valence-corrected chi connectivity index (χ1v) is 7.49. The van der Waals surface area contributed by atoms with E-state index < -0.39 is 0 Å². The summed E-state index contributed by atoms with van der Waals surface area (Å²) in [5, 5.41) is 4.87. The van der Waals surface area contributed by atoms with E-state index in [-0.39, 0.29) is 5.91 Å². The van der Waals surface area contributed by atoms with E-state index in [0.717, 1.165) is 27.5 Å². The zero-order valence-electron chi connectivity index (χ0n) is 11.8. The fraction of sp³-hybridized carbons (Fsp3) is 0.125. The molecule has 0 atom stereocenters. The van der Waals surface area contributed by atoms with Gasteiger partial charge in [-0.2, -0.15) is 0 Å². The van der Waals surface area contributed by atoms with Gasteiger partial charge >= 0.3 is 0 Å². The van der Waals surface area contributed by atoms with E-state index in [4.69, 9.17) is 0 Å². The minimum Gasteiger partial charge on any atom is -0.322 e. The summed E-state index contributed by atoms with van der Waals surface area (Å²) in [6.07, 6.45) is 7.00. The van der Waals surface area contributed by atoms with Crippen molar-refractivity contribution >= 4 is 34.0 Å². The Hall–Kier alpha value is -2.40. The van der Waals surface area contributed by atoms with Crippen LogP contribution in [0.2, 0.25) is 0 Å². The number of fused-ring (bicyclic) bond motifs is 1. The Morgan fingerprint density at radius 3 is 3.10 bits per heavy atom. The molecule has 0 saturated carbocycles. The van der Waals surface area contributed by atoms with Gasteiger partial charge in [-0.25, -0.2) is 4.98 Å². The summed E-state index contributed by atoms with van der Waals surface area (Å²) in [5.74, 6) is -0.145. The minimum atomic E-state index is -0.145. The van der Waals surface area contributed by atoms with Gasteiger partial charge in [-0.3, -0.25) is 9.20 Å². The highest BCUT2D eigenvalue weighted by molar-refractivity contribution is 7.15. The summed E-state index contributed by atoms with van der Waals surface area (Å²) in [6.45, 7) is 4.03. The van der Waals surface area contributed by atoms with Gasteiger partial charge in [0.1, 0.15) is 0 Å². The molecular weight excluding hydrogens is 282 g/mol. The molecule has 2 aromatic heterocycles. The van der Waals surface area contributed by atoms with Gasteiger partial charge in [-0.1, -0.05) is 12.1 Å². The summed E-state index contributed by atoms with van der Waals surface area (Å²) in [7, 11) is 0. The first-order valence-electron chi connectivity index (χ1n) is 6.61. The molecule has 0 spiro atoms. The van der Waals surface area contributed by atoms with Crippen molar-refractivity contribution in [3.63, 3.8) is 0 Å². The molecule has 0 aliphatic rings. The first kappa shape index (κ1) is 13.6. The number of imidazole rings is 1. The van der Waals surface area contributed by atoms with Crippen LogP contribution in [0, 0.1) is 13.8 Å². The Kier molecular flexibility index (Phi) is 3.58. The van der Waals surface area contributed by atoms with E-state index in [1.807, 2.05) is 48.0 Å². The number of amides is 1. The van der Waals surface area contributed by atoms with E-state index in [1.165, 1.54) is 6.08 Å². The quantitative estimate of drug-likeness (QED) is 0.750. The number of nitrogens with zero attached hydrogens (tertiary/aromatic N) is 2. The van der Waals surface area contributed by atoms with E-state index in [1.54, 1.807) is 23.6 Å². The van der Waals surface area contributed by atoms with Crippen molar-refractivity contribution in [2.24, 2.45) is 0 Å². The maximum atomic E-state index is 12.0. The standard InChI is InChI=1S/C16H15N3OS/c1-11-4-3-5-14(12(11)2)18-15(20)7-6-13-10-17-16-19(13)8-9-21-16/h3-10H,1-2H3,(H,18,20)/b7-6+. The number of thiazole rings is 1. The fourth-order valence-electron chi connectivity index (χ4n) is 2.09. The molecule has 0 aliphatic carbocycles. The second kappa shape index (κ2) is 5.54. The van der Waals surface area contributed by atoms with Crippen LogP contribution in [0.1, 0.15) is 16.8 Å². The van der Waals surface area contributed by atoms with Crippen molar-refractivity contribution in [1.29, 1.82) is 0 Å². The molecule has 0 unspecified atom stereocenters. The Morgan fingerprint density at radius 2 is 2.24 bits per heavy atom. The maximum absolute atomic E-state index is 12.0.